The number of para-hydroxylation sites is 2. The fourth-order valence-corrected chi connectivity index (χ4v) is 5.21. The number of fused-ring (bicyclic) bond motifs is 2. The summed E-state index contributed by atoms with van der Waals surface area (Å²) in [4.78, 5) is 51.1. The van der Waals surface area contributed by atoms with E-state index in [9.17, 15) is 19.2 Å². The molecule has 2 heterocycles. The number of carbonyl (C=O) groups excluding carboxylic acids is 4. The lowest BCUT2D eigenvalue weighted by molar-refractivity contribution is -0.147. The largest absolute Gasteiger partial charge is 0.482 e. The minimum atomic E-state index is -0.613. The average Bonchev–Trinajstić information content (AvgIpc) is 3.15. The number of ether oxygens (including phenoxy) is 2. The lowest BCUT2D eigenvalue weighted by Gasteiger charge is -2.28. The van der Waals surface area contributed by atoms with Crippen molar-refractivity contribution in [2.45, 2.75) is 32.1 Å². The molecule has 9 nitrogen and oxygen atoms in total. The normalized spacial score (nSPS) is 14.8. The first-order chi connectivity index (χ1) is 15.4. The summed E-state index contributed by atoms with van der Waals surface area (Å²) in [5.41, 5.74) is 7.39. The zero-order chi connectivity index (χ0) is 22.7. The third-order valence-corrected chi connectivity index (χ3v) is 6.59. The summed E-state index contributed by atoms with van der Waals surface area (Å²) in [5, 5.41) is 3.05. The van der Waals surface area contributed by atoms with Crippen LogP contribution in [0.4, 0.5) is 10.7 Å². The minimum Gasteiger partial charge on any atom is -0.482 e. The van der Waals surface area contributed by atoms with E-state index >= 15 is 0 Å². The number of primary amides is 1. The van der Waals surface area contributed by atoms with Crippen LogP contribution in [0, 0.1) is 0 Å². The molecule has 3 amide bonds. The van der Waals surface area contributed by atoms with Crippen molar-refractivity contribution < 1.29 is 28.7 Å². The molecule has 0 saturated carbocycles. The van der Waals surface area contributed by atoms with E-state index in [1.54, 1.807) is 24.3 Å². The Balaban J connectivity index is 1.31. The van der Waals surface area contributed by atoms with Crippen LogP contribution in [0.3, 0.4) is 0 Å². The summed E-state index contributed by atoms with van der Waals surface area (Å²) < 4.78 is 10.4. The number of aryl methyl sites for hydroxylation is 1. The van der Waals surface area contributed by atoms with Crippen LogP contribution in [0.5, 0.6) is 5.75 Å². The second kappa shape index (κ2) is 9.39. The Kier molecular flexibility index (Phi) is 6.40. The van der Waals surface area contributed by atoms with Crippen LogP contribution >= 0.6 is 11.3 Å². The molecule has 10 heteroatoms. The molecular formula is C22H23N3O6S. The first kappa shape index (κ1) is 21.8. The summed E-state index contributed by atoms with van der Waals surface area (Å²) in [6, 6.07) is 7.06. The number of nitrogens with two attached hydrogens (primary N) is 1. The van der Waals surface area contributed by atoms with Gasteiger partial charge in [-0.2, -0.15) is 0 Å². The number of nitrogens with one attached hydrogen (secondary N) is 1. The van der Waals surface area contributed by atoms with Gasteiger partial charge < -0.3 is 25.4 Å². The fourth-order valence-electron chi connectivity index (χ4n) is 3.90. The number of hydrogen-bond donors (Lipinski definition) is 2. The summed E-state index contributed by atoms with van der Waals surface area (Å²) in [7, 11) is 0. The number of benzene rings is 1. The van der Waals surface area contributed by atoms with Crippen molar-refractivity contribution in [1.82, 2.24) is 0 Å². The number of carbonyl (C=O) groups is 4. The molecule has 1 aromatic heterocycles. The molecule has 2 aliphatic rings. The van der Waals surface area contributed by atoms with Crippen molar-refractivity contribution in [3.63, 3.8) is 0 Å². The van der Waals surface area contributed by atoms with E-state index in [1.165, 1.54) is 16.2 Å². The molecule has 4 rings (SSSR count). The van der Waals surface area contributed by atoms with Gasteiger partial charge in [-0.1, -0.05) is 12.1 Å². The molecule has 32 heavy (non-hydrogen) atoms. The van der Waals surface area contributed by atoms with E-state index in [2.05, 4.69) is 5.32 Å². The standard InChI is InChI=1S/C22H23N3O6S/c23-21(29)20-13-5-1-4-8-16(13)32-22(20)24-17(26)11-31-19(28)9-10-25-14-6-2-3-7-15(14)30-12-18(25)27/h2-3,6-7H,1,4-5,8-12H2,(H2,23,29)(H,24,26). The number of hydrogen-bond acceptors (Lipinski definition) is 7. The average molecular weight is 458 g/mol. The van der Waals surface area contributed by atoms with Crippen LogP contribution in [0.15, 0.2) is 24.3 Å². The van der Waals surface area contributed by atoms with E-state index < -0.39 is 24.4 Å². The van der Waals surface area contributed by atoms with Crippen molar-refractivity contribution >= 4 is 45.7 Å². The van der Waals surface area contributed by atoms with Crippen LogP contribution < -0.4 is 20.7 Å². The molecule has 2 aromatic rings. The van der Waals surface area contributed by atoms with Gasteiger partial charge in [0.1, 0.15) is 10.8 Å². The van der Waals surface area contributed by atoms with Crippen LogP contribution in [-0.2, 0) is 32.0 Å². The zero-order valence-corrected chi connectivity index (χ0v) is 18.2. The van der Waals surface area contributed by atoms with Gasteiger partial charge in [0.05, 0.1) is 17.7 Å². The third-order valence-electron chi connectivity index (χ3n) is 5.38. The lowest BCUT2D eigenvalue weighted by atomic mass is 9.95. The summed E-state index contributed by atoms with van der Waals surface area (Å²) in [5.74, 6) is -1.42. The van der Waals surface area contributed by atoms with Gasteiger partial charge in [0.25, 0.3) is 17.7 Å². The number of anilines is 2. The van der Waals surface area contributed by atoms with Crippen molar-refractivity contribution in [3.05, 3.63) is 40.3 Å². The number of thiophene rings is 1. The second-order valence-electron chi connectivity index (χ2n) is 7.54. The maximum Gasteiger partial charge on any atom is 0.308 e. The lowest BCUT2D eigenvalue weighted by Crippen LogP contribution is -2.40. The molecule has 0 unspecified atom stereocenters. The maximum atomic E-state index is 12.3. The molecule has 1 aliphatic carbocycles. The van der Waals surface area contributed by atoms with Gasteiger partial charge in [0.2, 0.25) is 0 Å². The van der Waals surface area contributed by atoms with Gasteiger partial charge in [0.15, 0.2) is 13.2 Å². The van der Waals surface area contributed by atoms with Crippen molar-refractivity contribution in [2.75, 3.05) is 30.0 Å². The second-order valence-corrected chi connectivity index (χ2v) is 8.65. The number of esters is 1. The molecule has 0 spiro atoms. The molecule has 1 aromatic carbocycles. The van der Waals surface area contributed by atoms with E-state index in [0.29, 0.717) is 22.0 Å². The molecule has 0 bridgehead atoms. The van der Waals surface area contributed by atoms with Gasteiger partial charge >= 0.3 is 5.97 Å². The van der Waals surface area contributed by atoms with E-state index in [0.717, 1.165) is 36.1 Å². The first-order valence-corrected chi connectivity index (χ1v) is 11.2. The molecule has 1 aliphatic heterocycles. The molecule has 0 saturated heterocycles. The van der Waals surface area contributed by atoms with E-state index in [1.807, 2.05) is 0 Å². The van der Waals surface area contributed by atoms with E-state index in [-0.39, 0.29) is 25.5 Å². The molecule has 0 atom stereocenters. The van der Waals surface area contributed by atoms with Gasteiger partial charge in [-0.15, -0.1) is 11.3 Å². The monoisotopic (exact) mass is 457 g/mol. The van der Waals surface area contributed by atoms with Crippen LogP contribution in [-0.4, -0.2) is 43.4 Å². The number of nitrogens with zero attached hydrogens (tertiary/aromatic N) is 1. The Labute approximate surface area is 188 Å². The Morgan fingerprint density at radius 2 is 1.97 bits per heavy atom. The van der Waals surface area contributed by atoms with Crippen molar-refractivity contribution in [2.24, 2.45) is 5.73 Å². The number of rotatable bonds is 7. The zero-order valence-electron chi connectivity index (χ0n) is 17.3. The van der Waals surface area contributed by atoms with Crippen LogP contribution in [0.1, 0.15) is 40.1 Å². The van der Waals surface area contributed by atoms with Gasteiger partial charge in [0, 0.05) is 11.4 Å². The summed E-state index contributed by atoms with van der Waals surface area (Å²) >= 11 is 1.35. The van der Waals surface area contributed by atoms with Crippen LogP contribution in [0.2, 0.25) is 0 Å². The fraction of sp³-hybridized carbons (Fsp3) is 0.364. The summed E-state index contributed by atoms with van der Waals surface area (Å²) in [6.45, 7) is -0.474. The highest BCUT2D eigenvalue weighted by Gasteiger charge is 2.27. The highest BCUT2D eigenvalue weighted by Crippen LogP contribution is 2.38. The smallest absolute Gasteiger partial charge is 0.308 e. The molecule has 168 valence electrons. The maximum absolute atomic E-state index is 12.3. The predicted molar refractivity (Wildman–Crippen MR) is 118 cm³/mol. The third kappa shape index (κ3) is 4.59. The quantitative estimate of drug-likeness (QED) is 0.612. The SMILES string of the molecule is NC(=O)c1c(NC(=O)COC(=O)CCN2C(=O)COc3ccccc32)sc2c1CCCC2. The first-order valence-electron chi connectivity index (χ1n) is 10.4. The Morgan fingerprint density at radius 1 is 1.19 bits per heavy atom. The van der Waals surface area contributed by atoms with Crippen molar-refractivity contribution in [1.29, 1.82) is 0 Å². The summed E-state index contributed by atoms with van der Waals surface area (Å²) in [6.07, 6.45) is 3.55. The van der Waals surface area contributed by atoms with Crippen LogP contribution in [0.25, 0.3) is 0 Å². The highest BCUT2D eigenvalue weighted by atomic mass is 32.1. The molecular weight excluding hydrogens is 434 g/mol. The van der Waals surface area contributed by atoms with Gasteiger partial charge in [-0.3, -0.25) is 19.2 Å². The Hall–Kier alpha value is -3.40. The minimum absolute atomic E-state index is 0.0762. The van der Waals surface area contributed by atoms with Gasteiger partial charge in [-0.05, 0) is 43.4 Å². The number of amides is 3. The topological polar surface area (TPSA) is 128 Å². The highest BCUT2D eigenvalue weighted by molar-refractivity contribution is 7.17. The molecule has 3 N–H and O–H groups in total. The van der Waals surface area contributed by atoms with Gasteiger partial charge in [-0.25, -0.2) is 0 Å². The Bertz CT molecular complexity index is 1080. The molecule has 0 radical (unpaired) electrons. The molecule has 0 fully saturated rings. The predicted octanol–water partition coefficient (Wildman–Crippen LogP) is 2.02. The Morgan fingerprint density at radius 3 is 2.78 bits per heavy atom. The van der Waals surface area contributed by atoms with E-state index in [4.69, 9.17) is 15.2 Å². The van der Waals surface area contributed by atoms with Crippen molar-refractivity contribution in [3.8, 4) is 5.75 Å².